The van der Waals surface area contributed by atoms with Gasteiger partial charge in [0.15, 0.2) is 0 Å². The van der Waals surface area contributed by atoms with Crippen molar-refractivity contribution in [3.05, 3.63) is 47.5 Å². The predicted molar refractivity (Wildman–Crippen MR) is 74.6 cm³/mol. The van der Waals surface area contributed by atoms with Gasteiger partial charge in [0, 0.05) is 5.69 Å². The van der Waals surface area contributed by atoms with Gasteiger partial charge in [0.25, 0.3) is 0 Å². The number of aliphatic hydroxyl groups excluding tert-OH is 1. The molecular weight excluding hydrogens is 297 g/mol. The first-order chi connectivity index (χ1) is 10.3. The van der Waals surface area contributed by atoms with Crippen LogP contribution in [-0.2, 0) is 12.7 Å². The van der Waals surface area contributed by atoms with Crippen molar-refractivity contribution in [1.82, 2.24) is 9.55 Å². The van der Waals surface area contributed by atoms with Gasteiger partial charge >= 0.3 is 6.18 Å². The average Bonchev–Trinajstić information content (AvgIpc) is 2.76. The number of benzene rings is 1. The van der Waals surface area contributed by atoms with E-state index >= 15 is 0 Å². The van der Waals surface area contributed by atoms with Crippen molar-refractivity contribution >= 4 is 0 Å². The fraction of sp³-hybridized carbons (Fsp3) is 0.400. The van der Waals surface area contributed by atoms with E-state index in [-0.39, 0.29) is 18.9 Å². The van der Waals surface area contributed by atoms with Crippen LogP contribution in [0.1, 0.15) is 17.0 Å². The molecule has 0 spiro atoms. The number of ether oxygens (including phenoxy) is 1. The van der Waals surface area contributed by atoms with Crippen LogP contribution in [0, 0.1) is 13.8 Å². The zero-order chi connectivity index (χ0) is 16.3. The van der Waals surface area contributed by atoms with Crippen molar-refractivity contribution in [2.45, 2.75) is 32.7 Å². The Balaban J connectivity index is 2.00. The second-order valence-electron chi connectivity index (χ2n) is 5.03. The van der Waals surface area contributed by atoms with Gasteiger partial charge in [-0.3, -0.25) is 0 Å². The highest BCUT2D eigenvalue weighted by Crippen LogP contribution is 2.35. The Bertz CT molecular complexity index is 638. The summed E-state index contributed by atoms with van der Waals surface area (Å²) in [5.74, 6) is -0.285. The lowest BCUT2D eigenvalue weighted by Crippen LogP contribution is -2.24. The molecule has 2 rings (SSSR count). The number of nitrogens with zero attached hydrogens (tertiary/aromatic N) is 2. The third-order valence-electron chi connectivity index (χ3n) is 3.38. The molecular formula is C15H17F3N2O2. The third-order valence-corrected chi connectivity index (χ3v) is 3.38. The summed E-state index contributed by atoms with van der Waals surface area (Å²) in [4.78, 5) is 4.10. The summed E-state index contributed by atoms with van der Waals surface area (Å²) < 4.78 is 45.3. The van der Waals surface area contributed by atoms with Crippen molar-refractivity contribution < 1.29 is 23.0 Å². The standard InChI is InChI=1S/C15H17F3N2O2/c1-10-11(2)20(9-19-10)7-12(21)8-22-14-6-4-3-5-13(14)15(16,17)18/h3-6,9,12,21H,7-8H2,1-2H3. The van der Waals surface area contributed by atoms with E-state index in [2.05, 4.69) is 4.98 Å². The molecule has 0 aliphatic rings. The van der Waals surface area contributed by atoms with Gasteiger partial charge in [-0.25, -0.2) is 4.98 Å². The fourth-order valence-corrected chi connectivity index (χ4v) is 2.02. The van der Waals surface area contributed by atoms with Crippen LogP contribution in [0.2, 0.25) is 0 Å². The molecule has 1 aromatic heterocycles. The third kappa shape index (κ3) is 3.79. The summed E-state index contributed by atoms with van der Waals surface area (Å²) in [6, 6.07) is 4.94. The van der Waals surface area contributed by atoms with Crippen LogP contribution in [0.25, 0.3) is 0 Å². The molecule has 0 aliphatic carbocycles. The van der Waals surface area contributed by atoms with Gasteiger partial charge in [0.05, 0.1) is 24.1 Å². The van der Waals surface area contributed by atoms with E-state index in [1.165, 1.54) is 18.2 Å². The molecule has 1 atom stereocenters. The molecule has 1 aromatic carbocycles. The topological polar surface area (TPSA) is 47.3 Å². The number of hydrogen-bond donors (Lipinski definition) is 1. The van der Waals surface area contributed by atoms with Gasteiger partial charge in [-0.05, 0) is 26.0 Å². The summed E-state index contributed by atoms with van der Waals surface area (Å²) in [6.45, 7) is 3.67. The maximum absolute atomic E-state index is 12.8. The summed E-state index contributed by atoms with van der Waals surface area (Å²) in [5, 5.41) is 9.94. The van der Waals surface area contributed by atoms with Gasteiger partial charge in [0.1, 0.15) is 18.5 Å². The summed E-state index contributed by atoms with van der Waals surface area (Å²) in [7, 11) is 0. The molecule has 0 saturated carbocycles. The molecule has 7 heteroatoms. The van der Waals surface area contributed by atoms with Crippen molar-refractivity contribution in [1.29, 1.82) is 0 Å². The van der Waals surface area contributed by atoms with E-state index in [0.29, 0.717) is 0 Å². The molecule has 2 aromatic rings. The fourth-order valence-electron chi connectivity index (χ4n) is 2.02. The van der Waals surface area contributed by atoms with Gasteiger partial charge < -0.3 is 14.4 Å². The molecule has 0 aliphatic heterocycles. The highest BCUT2D eigenvalue weighted by molar-refractivity contribution is 5.35. The second-order valence-corrected chi connectivity index (χ2v) is 5.03. The Kier molecular flexibility index (Phi) is 4.75. The smallest absolute Gasteiger partial charge is 0.419 e. The summed E-state index contributed by atoms with van der Waals surface area (Å²) >= 11 is 0. The quantitative estimate of drug-likeness (QED) is 0.923. The first-order valence-electron chi connectivity index (χ1n) is 6.74. The molecule has 22 heavy (non-hydrogen) atoms. The number of imidazole rings is 1. The highest BCUT2D eigenvalue weighted by Gasteiger charge is 2.34. The molecule has 0 radical (unpaired) electrons. The van der Waals surface area contributed by atoms with Crippen molar-refractivity contribution in [2.75, 3.05) is 6.61 Å². The van der Waals surface area contributed by atoms with Crippen LogP contribution in [0.3, 0.4) is 0 Å². The molecule has 0 saturated heterocycles. The Morgan fingerprint density at radius 1 is 1.27 bits per heavy atom. The number of aromatic nitrogens is 2. The maximum atomic E-state index is 12.8. The van der Waals surface area contributed by atoms with Crippen LogP contribution >= 0.6 is 0 Å². The van der Waals surface area contributed by atoms with E-state index < -0.39 is 17.8 Å². The number of halogens is 3. The van der Waals surface area contributed by atoms with Crippen LogP contribution < -0.4 is 4.74 Å². The van der Waals surface area contributed by atoms with Crippen LogP contribution in [0.4, 0.5) is 13.2 Å². The Labute approximate surface area is 126 Å². The maximum Gasteiger partial charge on any atom is 0.419 e. The number of para-hydroxylation sites is 1. The Morgan fingerprint density at radius 3 is 2.55 bits per heavy atom. The number of alkyl halides is 3. The molecule has 0 amide bonds. The molecule has 0 fully saturated rings. The molecule has 120 valence electrons. The van der Waals surface area contributed by atoms with Crippen molar-refractivity contribution in [3.63, 3.8) is 0 Å². The first kappa shape index (κ1) is 16.4. The van der Waals surface area contributed by atoms with Crippen LogP contribution in [0.5, 0.6) is 5.75 Å². The lowest BCUT2D eigenvalue weighted by molar-refractivity contribution is -0.139. The van der Waals surface area contributed by atoms with Crippen molar-refractivity contribution in [3.8, 4) is 5.75 Å². The summed E-state index contributed by atoms with van der Waals surface area (Å²) in [5.41, 5.74) is 0.891. The molecule has 0 bridgehead atoms. The number of aliphatic hydroxyl groups is 1. The van der Waals surface area contributed by atoms with Crippen LogP contribution in [-0.4, -0.2) is 27.4 Å². The van der Waals surface area contributed by atoms with E-state index in [9.17, 15) is 18.3 Å². The highest BCUT2D eigenvalue weighted by atomic mass is 19.4. The largest absolute Gasteiger partial charge is 0.490 e. The summed E-state index contributed by atoms with van der Waals surface area (Å²) in [6.07, 6.45) is -3.84. The molecule has 4 nitrogen and oxygen atoms in total. The van der Waals surface area contributed by atoms with Crippen molar-refractivity contribution in [2.24, 2.45) is 0 Å². The Hall–Kier alpha value is -2.02. The Morgan fingerprint density at radius 2 is 1.95 bits per heavy atom. The first-order valence-corrected chi connectivity index (χ1v) is 6.74. The molecule has 1 unspecified atom stereocenters. The minimum Gasteiger partial charge on any atom is -0.490 e. The van der Waals surface area contributed by atoms with Gasteiger partial charge in [0.2, 0.25) is 0 Å². The molecule has 1 N–H and O–H groups in total. The zero-order valence-electron chi connectivity index (χ0n) is 12.3. The number of rotatable bonds is 5. The monoisotopic (exact) mass is 314 g/mol. The van der Waals surface area contributed by atoms with Gasteiger partial charge in [-0.15, -0.1) is 0 Å². The normalized spacial score (nSPS) is 13.2. The van der Waals surface area contributed by atoms with E-state index in [0.717, 1.165) is 17.5 Å². The van der Waals surface area contributed by atoms with Crippen LogP contribution in [0.15, 0.2) is 30.6 Å². The average molecular weight is 314 g/mol. The predicted octanol–water partition coefficient (Wildman–Crippen LogP) is 2.96. The van der Waals surface area contributed by atoms with E-state index in [1.807, 2.05) is 13.8 Å². The van der Waals surface area contributed by atoms with Gasteiger partial charge in [-0.1, -0.05) is 12.1 Å². The van der Waals surface area contributed by atoms with E-state index in [1.54, 1.807) is 10.9 Å². The molecule has 1 heterocycles. The zero-order valence-corrected chi connectivity index (χ0v) is 12.3. The lowest BCUT2D eigenvalue weighted by atomic mass is 10.2. The second kappa shape index (κ2) is 6.39. The SMILES string of the molecule is Cc1ncn(CC(O)COc2ccccc2C(F)(F)F)c1C. The number of aryl methyl sites for hydroxylation is 1. The lowest BCUT2D eigenvalue weighted by Gasteiger charge is -2.17. The van der Waals surface area contributed by atoms with Gasteiger partial charge in [-0.2, -0.15) is 13.2 Å². The minimum atomic E-state index is -4.49. The number of hydrogen-bond acceptors (Lipinski definition) is 3. The van der Waals surface area contributed by atoms with E-state index in [4.69, 9.17) is 4.74 Å². The minimum absolute atomic E-state index is 0.209.